The number of phenols is 1. The van der Waals surface area contributed by atoms with Crippen molar-refractivity contribution in [2.75, 3.05) is 0 Å². The average molecular weight is 334 g/mol. The number of phenolic OH excluding ortho intramolecular Hbond substituents is 1. The highest BCUT2D eigenvalue weighted by Gasteiger charge is 2.58. The predicted molar refractivity (Wildman–Crippen MR) is 81.8 cm³/mol. The smallest absolute Gasteiger partial charge is 0.338 e. The van der Waals surface area contributed by atoms with E-state index < -0.39 is 35.9 Å². The molecule has 1 saturated heterocycles. The average Bonchev–Trinajstić information content (AvgIpc) is 2.76. The SMILES string of the molecule is Cc1cc(/C=C/C(=O)O[C@H]2C3C[C@@](O)(C[C@@H]2O)C(=O)O3)ccc1O. The third-order valence-corrected chi connectivity index (χ3v) is 4.35. The minimum atomic E-state index is -1.69. The molecule has 0 aromatic heterocycles. The number of aryl methyl sites for hydroxylation is 1. The molecule has 0 spiro atoms. The molecule has 1 aromatic rings. The van der Waals surface area contributed by atoms with Gasteiger partial charge in [-0.05, 0) is 36.3 Å². The molecule has 4 atom stereocenters. The molecule has 0 amide bonds. The van der Waals surface area contributed by atoms with Crippen LogP contribution in [0.15, 0.2) is 24.3 Å². The fourth-order valence-corrected chi connectivity index (χ4v) is 3.04. The largest absolute Gasteiger partial charge is 0.508 e. The molecule has 1 aromatic carbocycles. The van der Waals surface area contributed by atoms with Crippen molar-refractivity contribution in [2.45, 2.75) is 43.7 Å². The van der Waals surface area contributed by atoms with Gasteiger partial charge in [-0.2, -0.15) is 0 Å². The highest BCUT2D eigenvalue weighted by molar-refractivity contribution is 5.87. The van der Waals surface area contributed by atoms with Gasteiger partial charge in [-0.15, -0.1) is 0 Å². The van der Waals surface area contributed by atoms with Crippen LogP contribution in [0.4, 0.5) is 0 Å². The van der Waals surface area contributed by atoms with Crippen molar-refractivity contribution >= 4 is 18.0 Å². The first-order chi connectivity index (χ1) is 11.3. The molecule has 1 saturated carbocycles. The van der Waals surface area contributed by atoms with Crippen LogP contribution in [-0.2, 0) is 19.1 Å². The lowest BCUT2D eigenvalue weighted by atomic mass is 9.82. The van der Waals surface area contributed by atoms with E-state index in [4.69, 9.17) is 9.47 Å². The number of rotatable bonds is 3. The zero-order valence-electron chi connectivity index (χ0n) is 13.0. The number of esters is 2. The lowest BCUT2D eigenvalue weighted by molar-refractivity contribution is -0.165. The summed E-state index contributed by atoms with van der Waals surface area (Å²) in [5.74, 6) is -1.33. The van der Waals surface area contributed by atoms with Gasteiger partial charge in [0.15, 0.2) is 11.7 Å². The van der Waals surface area contributed by atoms with Gasteiger partial charge < -0.3 is 24.8 Å². The summed E-state index contributed by atoms with van der Waals surface area (Å²) in [5.41, 5.74) is -0.314. The molecule has 128 valence electrons. The minimum absolute atomic E-state index is 0.00170. The Morgan fingerprint density at radius 3 is 2.88 bits per heavy atom. The lowest BCUT2D eigenvalue weighted by Gasteiger charge is -2.32. The van der Waals surface area contributed by atoms with Crippen LogP contribution in [0.25, 0.3) is 6.08 Å². The van der Waals surface area contributed by atoms with E-state index in [-0.39, 0.29) is 18.6 Å². The molecule has 2 aliphatic rings. The molecule has 1 unspecified atom stereocenters. The number of fused-ring (bicyclic) bond motifs is 2. The first kappa shape index (κ1) is 16.5. The van der Waals surface area contributed by atoms with E-state index in [1.54, 1.807) is 19.1 Å². The molecule has 2 bridgehead atoms. The Labute approximate surface area is 138 Å². The Hall–Kier alpha value is -2.38. The molecular formula is C17H18O7. The summed E-state index contributed by atoms with van der Waals surface area (Å²) in [6.07, 6.45) is -0.539. The van der Waals surface area contributed by atoms with Gasteiger partial charge in [-0.1, -0.05) is 6.07 Å². The fourth-order valence-electron chi connectivity index (χ4n) is 3.04. The number of hydrogen-bond donors (Lipinski definition) is 3. The second-order valence-corrected chi connectivity index (χ2v) is 6.23. The summed E-state index contributed by atoms with van der Waals surface area (Å²) in [4.78, 5) is 23.5. The van der Waals surface area contributed by atoms with Crippen molar-refractivity contribution in [3.05, 3.63) is 35.4 Å². The van der Waals surface area contributed by atoms with Crippen molar-refractivity contribution in [3.8, 4) is 5.75 Å². The standard InChI is InChI=1S/C17H18O7/c1-9-6-10(2-4-11(9)18)3-5-14(20)24-15-12(19)7-17(22)8-13(15)23-16(17)21/h2-6,12-13,15,18-19,22H,7-8H2,1H3/b5-3+/t12-,13?,15+,17-/m0/s1. The summed E-state index contributed by atoms with van der Waals surface area (Å²) in [6, 6.07) is 4.86. The zero-order chi connectivity index (χ0) is 17.5. The van der Waals surface area contributed by atoms with Crippen molar-refractivity contribution in [2.24, 2.45) is 0 Å². The number of carbonyl (C=O) groups is 2. The highest BCUT2D eigenvalue weighted by Crippen LogP contribution is 2.39. The number of hydrogen-bond acceptors (Lipinski definition) is 7. The summed E-state index contributed by atoms with van der Waals surface area (Å²) in [7, 11) is 0. The Morgan fingerprint density at radius 2 is 2.17 bits per heavy atom. The van der Waals surface area contributed by atoms with Gasteiger partial charge in [0.05, 0.1) is 6.10 Å². The normalized spacial score (nSPS) is 32.0. The minimum Gasteiger partial charge on any atom is -0.508 e. The fraction of sp³-hybridized carbons (Fsp3) is 0.412. The molecule has 1 heterocycles. The van der Waals surface area contributed by atoms with Crippen molar-refractivity contribution in [3.63, 3.8) is 0 Å². The number of benzene rings is 1. The molecule has 1 aliphatic carbocycles. The first-order valence-electron chi connectivity index (χ1n) is 7.58. The molecule has 3 N–H and O–H groups in total. The van der Waals surface area contributed by atoms with Gasteiger partial charge in [0, 0.05) is 18.9 Å². The number of carbonyl (C=O) groups excluding carboxylic acids is 2. The van der Waals surface area contributed by atoms with Gasteiger partial charge in [-0.25, -0.2) is 9.59 Å². The molecule has 7 heteroatoms. The quantitative estimate of drug-likeness (QED) is 0.543. The maximum Gasteiger partial charge on any atom is 0.338 e. The van der Waals surface area contributed by atoms with Gasteiger partial charge in [0.1, 0.15) is 11.9 Å². The van der Waals surface area contributed by atoms with Gasteiger partial charge in [0.2, 0.25) is 0 Å². The molecule has 0 radical (unpaired) electrons. The lowest BCUT2D eigenvalue weighted by Crippen LogP contribution is -2.50. The maximum atomic E-state index is 11.9. The van der Waals surface area contributed by atoms with E-state index in [0.717, 1.165) is 0 Å². The third kappa shape index (κ3) is 3.00. The second kappa shape index (κ2) is 5.92. The van der Waals surface area contributed by atoms with Crippen LogP contribution in [0, 0.1) is 6.92 Å². The molecule has 3 rings (SSSR count). The summed E-state index contributed by atoms with van der Waals surface area (Å²) >= 11 is 0. The van der Waals surface area contributed by atoms with Crippen molar-refractivity contribution < 1.29 is 34.4 Å². The predicted octanol–water partition coefficient (Wildman–Crippen LogP) is 0.437. The van der Waals surface area contributed by atoms with Gasteiger partial charge in [0.25, 0.3) is 0 Å². The molecule has 2 fully saturated rings. The van der Waals surface area contributed by atoms with Crippen LogP contribution in [0.2, 0.25) is 0 Å². The summed E-state index contributed by atoms with van der Waals surface area (Å²) in [5, 5.41) is 29.5. The van der Waals surface area contributed by atoms with Crippen LogP contribution in [0.1, 0.15) is 24.0 Å². The van der Waals surface area contributed by atoms with E-state index in [1.165, 1.54) is 18.2 Å². The van der Waals surface area contributed by atoms with Crippen LogP contribution in [0.3, 0.4) is 0 Å². The van der Waals surface area contributed by atoms with E-state index in [2.05, 4.69) is 0 Å². The second-order valence-electron chi connectivity index (χ2n) is 6.23. The summed E-state index contributed by atoms with van der Waals surface area (Å²) in [6.45, 7) is 1.74. The molecule has 24 heavy (non-hydrogen) atoms. The van der Waals surface area contributed by atoms with Gasteiger partial charge in [-0.3, -0.25) is 0 Å². The summed E-state index contributed by atoms with van der Waals surface area (Å²) < 4.78 is 10.2. The molecule has 7 nitrogen and oxygen atoms in total. The molecule has 1 aliphatic heterocycles. The number of aliphatic hydroxyl groups excluding tert-OH is 1. The van der Waals surface area contributed by atoms with Crippen LogP contribution in [-0.4, -0.2) is 51.2 Å². The van der Waals surface area contributed by atoms with Gasteiger partial charge >= 0.3 is 11.9 Å². The number of aromatic hydroxyl groups is 1. The number of aliphatic hydroxyl groups is 2. The highest BCUT2D eigenvalue weighted by atomic mass is 16.6. The van der Waals surface area contributed by atoms with E-state index in [1.807, 2.05) is 0 Å². The Balaban J connectivity index is 1.65. The van der Waals surface area contributed by atoms with E-state index in [0.29, 0.717) is 11.1 Å². The van der Waals surface area contributed by atoms with Crippen LogP contribution in [0.5, 0.6) is 5.75 Å². The van der Waals surface area contributed by atoms with E-state index >= 15 is 0 Å². The van der Waals surface area contributed by atoms with Crippen molar-refractivity contribution in [1.29, 1.82) is 0 Å². The Bertz CT molecular complexity index is 711. The molecular weight excluding hydrogens is 316 g/mol. The van der Waals surface area contributed by atoms with E-state index in [9.17, 15) is 24.9 Å². The van der Waals surface area contributed by atoms with Crippen molar-refractivity contribution in [1.82, 2.24) is 0 Å². The number of ether oxygens (including phenoxy) is 2. The zero-order valence-corrected chi connectivity index (χ0v) is 13.0. The topological polar surface area (TPSA) is 113 Å². The maximum absolute atomic E-state index is 11.9. The third-order valence-electron chi connectivity index (χ3n) is 4.35. The Kier molecular flexibility index (Phi) is 4.06. The first-order valence-corrected chi connectivity index (χ1v) is 7.58. The Morgan fingerprint density at radius 1 is 1.42 bits per heavy atom. The van der Waals surface area contributed by atoms with Crippen LogP contribution >= 0.6 is 0 Å². The van der Waals surface area contributed by atoms with Crippen LogP contribution < -0.4 is 0 Å². The monoisotopic (exact) mass is 334 g/mol.